The molecule has 0 aromatic heterocycles. The van der Waals surface area contributed by atoms with Crippen molar-refractivity contribution in [1.29, 1.82) is 0 Å². The fourth-order valence-corrected chi connectivity index (χ4v) is 0.375. The Morgan fingerprint density at radius 1 is 1.50 bits per heavy atom. The van der Waals surface area contributed by atoms with Crippen molar-refractivity contribution in [3.8, 4) is 0 Å². The Labute approximate surface area is 53.1 Å². The van der Waals surface area contributed by atoms with Gasteiger partial charge in [-0.15, -0.1) is 0 Å². The van der Waals surface area contributed by atoms with Crippen LogP contribution < -0.4 is 5.73 Å². The Balaban J connectivity index is 4.26. The summed E-state index contributed by atoms with van der Waals surface area (Å²) < 4.78 is 10.0. The molecule has 0 unspecified atom stereocenters. The van der Waals surface area contributed by atoms with Crippen molar-refractivity contribution in [3.05, 3.63) is 0 Å². The molecule has 0 atom stereocenters. The van der Waals surface area contributed by atoms with E-state index in [1.807, 2.05) is 20.8 Å². The van der Waals surface area contributed by atoms with Gasteiger partial charge < -0.3 is 0 Å². The molecule has 2 N–H and O–H groups in total. The number of hydrogen-bond donors (Lipinski definition) is 1. The molecule has 48 valence electrons. The summed E-state index contributed by atoms with van der Waals surface area (Å²) in [5, 5.41) is 0. The van der Waals surface area contributed by atoms with Crippen molar-refractivity contribution in [1.82, 2.24) is 0 Å². The highest BCUT2D eigenvalue weighted by Crippen LogP contribution is 2.10. The van der Waals surface area contributed by atoms with Gasteiger partial charge in [0, 0.05) is 5.41 Å². The molecule has 0 bridgehead atoms. The van der Waals surface area contributed by atoms with Crippen LogP contribution >= 0.6 is 0 Å². The smallest absolute Gasteiger partial charge is 0.104 e. The van der Waals surface area contributed by atoms with Gasteiger partial charge >= 0.3 is 0 Å². The fourth-order valence-electron chi connectivity index (χ4n) is 0.125. The molecule has 0 aliphatic carbocycles. The molecular formula is C5H11NOS. The SMILES string of the molecule is CC(C)(C)C(N)=S=O. The lowest BCUT2D eigenvalue weighted by molar-refractivity contribution is 0.593. The maximum Gasteiger partial charge on any atom is 0.104 e. The lowest BCUT2D eigenvalue weighted by Gasteiger charge is -2.13. The Morgan fingerprint density at radius 3 is 1.88 bits per heavy atom. The molecule has 2 nitrogen and oxygen atoms in total. The van der Waals surface area contributed by atoms with Crippen molar-refractivity contribution in [2.24, 2.45) is 11.1 Å². The minimum atomic E-state index is -0.146. The molecule has 0 saturated heterocycles. The van der Waals surface area contributed by atoms with E-state index < -0.39 is 0 Å². The topological polar surface area (TPSA) is 43.1 Å². The molecule has 0 rings (SSSR count). The first-order valence-electron chi connectivity index (χ1n) is 2.41. The molecule has 0 aliphatic rings. The zero-order chi connectivity index (χ0) is 6.78. The Morgan fingerprint density at radius 2 is 1.88 bits per heavy atom. The minimum Gasteiger partial charge on any atom is -0.295 e. The predicted molar refractivity (Wildman–Crippen MR) is 36.8 cm³/mol. The van der Waals surface area contributed by atoms with E-state index in [1.165, 1.54) is 0 Å². The molecule has 3 heteroatoms. The highest BCUT2D eigenvalue weighted by Gasteiger charge is 2.13. The third-order valence-electron chi connectivity index (χ3n) is 0.829. The average molecular weight is 133 g/mol. The molecule has 0 fully saturated rings. The third kappa shape index (κ3) is 2.23. The quantitative estimate of drug-likeness (QED) is 0.484. The monoisotopic (exact) mass is 133 g/mol. The molecule has 0 radical (unpaired) electrons. The van der Waals surface area contributed by atoms with Crippen molar-refractivity contribution >= 4 is 16.2 Å². The van der Waals surface area contributed by atoms with Gasteiger partial charge in [0.2, 0.25) is 0 Å². The average Bonchev–Trinajstić information content (AvgIpc) is 1.62. The normalized spacial score (nSPS) is 11.0. The van der Waals surface area contributed by atoms with E-state index in [-0.39, 0.29) is 5.41 Å². The maximum atomic E-state index is 10.0. The van der Waals surface area contributed by atoms with Gasteiger partial charge in [-0.3, -0.25) is 5.73 Å². The summed E-state index contributed by atoms with van der Waals surface area (Å²) in [6, 6.07) is 0. The third-order valence-corrected chi connectivity index (χ3v) is 1.62. The summed E-state index contributed by atoms with van der Waals surface area (Å²) in [6.45, 7) is 5.73. The van der Waals surface area contributed by atoms with Gasteiger partial charge in [0.1, 0.15) is 11.3 Å². The van der Waals surface area contributed by atoms with Gasteiger partial charge in [0.15, 0.2) is 0 Å². The van der Waals surface area contributed by atoms with Crippen LogP contribution in [0.4, 0.5) is 0 Å². The number of rotatable bonds is 0. The van der Waals surface area contributed by atoms with E-state index in [9.17, 15) is 4.21 Å². The van der Waals surface area contributed by atoms with Gasteiger partial charge in [-0.05, 0) is 0 Å². The Kier molecular flexibility index (Phi) is 2.37. The van der Waals surface area contributed by atoms with Crippen LogP contribution in [-0.4, -0.2) is 9.20 Å². The van der Waals surface area contributed by atoms with Crippen molar-refractivity contribution in [2.45, 2.75) is 20.8 Å². The second-order valence-corrected chi connectivity index (χ2v) is 3.30. The van der Waals surface area contributed by atoms with E-state index >= 15 is 0 Å². The van der Waals surface area contributed by atoms with Gasteiger partial charge in [-0.25, -0.2) is 4.21 Å². The zero-order valence-corrected chi connectivity index (χ0v) is 6.21. The second kappa shape index (κ2) is 2.42. The largest absolute Gasteiger partial charge is 0.295 e. The van der Waals surface area contributed by atoms with Crippen LogP contribution in [0.3, 0.4) is 0 Å². The minimum absolute atomic E-state index is 0.146. The predicted octanol–water partition coefficient (Wildman–Crippen LogP) is 0.334. The van der Waals surface area contributed by atoms with Crippen molar-refractivity contribution in [3.63, 3.8) is 0 Å². The summed E-state index contributed by atoms with van der Waals surface area (Å²) in [4.78, 5) is 0.442. The van der Waals surface area contributed by atoms with Crippen LogP contribution in [0, 0.1) is 5.41 Å². The highest BCUT2D eigenvalue weighted by molar-refractivity contribution is 7.66. The van der Waals surface area contributed by atoms with Crippen LogP contribution in [0.1, 0.15) is 20.8 Å². The van der Waals surface area contributed by atoms with E-state index in [2.05, 4.69) is 0 Å². The molecule has 0 aromatic carbocycles. The van der Waals surface area contributed by atoms with Crippen molar-refractivity contribution in [2.75, 3.05) is 0 Å². The van der Waals surface area contributed by atoms with E-state index in [4.69, 9.17) is 5.73 Å². The molecule has 8 heavy (non-hydrogen) atoms. The molecule has 0 saturated carbocycles. The lowest BCUT2D eigenvalue weighted by atomic mass is 9.97. The number of nitrogens with two attached hydrogens (primary N) is 1. The number of hydrogen-bond acceptors (Lipinski definition) is 1. The molecule has 0 aromatic rings. The van der Waals surface area contributed by atoms with Crippen LogP contribution in [0.25, 0.3) is 0 Å². The molecule has 0 aliphatic heterocycles. The fraction of sp³-hybridized carbons (Fsp3) is 0.800. The van der Waals surface area contributed by atoms with Crippen LogP contribution in [0.5, 0.6) is 0 Å². The first-order chi connectivity index (χ1) is 3.48. The van der Waals surface area contributed by atoms with Gasteiger partial charge in [0.05, 0.1) is 4.99 Å². The molecular weight excluding hydrogens is 122 g/mol. The van der Waals surface area contributed by atoms with Crippen LogP contribution in [-0.2, 0) is 11.3 Å². The summed E-state index contributed by atoms with van der Waals surface area (Å²) in [7, 11) is 0. The van der Waals surface area contributed by atoms with E-state index in [0.29, 0.717) is 16.2 Å². The molecule has 0 amide bonds. The summed E-state index contributed by atoms with van der Waals surface area (Å²) >= 11 is 0.376. The Bertz CT molecular complexity index is 130. The van der Waals surface area contributed by atoms with Crippen molar-refractivity contribution < 1.29 is 4.21 Å². The Hall–Kier alpha value is -0.150. The summed E-state index contributed by atoms with van der Waals surface area (Å²) in [5.74, 6) is 0. The van der Waals surface area contributed by atoms with Gasteiger partial charge in [0.25, 0.3) is 0 Å². The molecule has 0 spiro atoms. The van der Waals surface area contributed by atoms with Crippen LogP contribution in [0.2, 0.25) is 0 Å². The maximum absolute atomic E-state index is 10.0. The van der Waals surface area contributed by atoms with Crippen LogP contribution in [0.15, 0.2) is 0 Å². The highest BCUT2D eigenvalue weighted by atomic mass is 32.1. The summed E-state index contributed by atoms with van der Waals surface area (Å²) in [6.07, 6.45) is 0. The standard InChI is InChI=1S/C5H11NOS/c1-5(2,3)4(6)8-7/h6H2,1-3H3. The lowest BCUT2D eigenvalue weighted by Crippen LogP contribution is -2.28. The zero-order valence-electron chi connectivity index (χ0n) is 5.39. The first-order valence-corrected chi connectivity index (χ1v) is 3.15. The van der Waals surface area contributed by atoms with E-state index in [1.54, 1.807) is 0 Å². The molecule has 0 heterocycles. The van der Waals surface area contributed by atoms with Gasteiger partial charge in [-0.1, -0.05) is 20.8 Å². The first kappa shape index (κ1) is 7.85. The van der Waals surface area contributed by atoms with E-state index in [0.717, 1.165) is 0 Å². The van der Waals surface area contributed by atoms with Gasteiger partial charge in [-0.2, -0.15) is 0 Å². The second-order valence-electron chi connectivity index (χ2n) is 2.70. The summed E-state index contributed by atoms with van der Waals surface area (Å²) in [5.41, 5.74) is 5.17.